The highest BCUT2D eigenvalue weighted by Gasteiger charge is 2.17. The van der Waals surface area contributed by atoms with Gasteiger partial charge in [-0.3, -0.25) is 9.59 Å². The molecular formula is C65H104O5. The second kappa shape index (κ2) is 59.1. The first kappa shape index (κ1) is 65.8. The van der Waals surface area contributed by atoms with Gasteiger partial charge in [0.15, 0.2) is 6.10 Å². The van der Waals surface area contributed by atoms with Crippen LogP contribution in [0.25, 0.3) is 0 Å². The fraction of sp³-hybridized carbons (Fsp3) is 0.600. The molecule has 0 aliphatic carbocycles. The topological polar surface area (TPSA) is 61.8 Å². The molecule has 0 saturated carbocycles. The minimum atomic E-state index is -0.579. The molecule has 70 heavy (non-hydrogen) atoms. The molecule has 0 fully saturated rings. The maximum atomic E-state index is 12.9. The molecule has 0 rings (SSSR count). The molecule has 0 aromatic heterocycles. The molecule has 0 amide bonds. The second-order valence-corrected chi connectivity index (χ2v) is 18.0. The van der Waals surface area contributed by atoms with Crippen LogP contribution < -0.4 is 0 Å². The lowest BCUT2D eigenvalue weighted by atomic mass is 10.1. The summed E-state index contributed by atoms with van der Waals surface area (Å²) in [4.78, 5) is 25.5. The van der Waals surface area contributed by atoms with E-state index in [0.29, 0.717) is 19.4 Å². The average Bonchev–Trinajstić information content (AvgIpc) is 3.36. The summed E-state index contributed by atoms with van der Waals surface area (Å²) in [5, 5.41) is 0. The molecular weight excluding hydrogens is 861 g/mol. The van der Waals surface area contributed by atoms with Gasteiger partial charge in [-0.2, -0.15) is 0 Å². The minimum Gasteiger partial charge on any atom is -0.462 e. The molecule has 0 aliphatic rings. The summed E-state index contributed by atoms with van der Waals surface area (Å²) in [6.45, 7) is 7.40. The van der Waals surface area contributed by atoms with Gasteiger partial charge in [-0.1, -0.05) is 224 Å². The Bertz CT molecular complexity index is 1510. The van der Waals surface area contributed by atoms with Crippen molar-refractivity contribution in [2.75, 3.05) is 19.8 Å². The highest BCUT2D eigenvalue weighted by atomic mass is 16.6. The predicted octanol–water partition coefficient (Wildman–Crippen LogP) is 19.7. The maximum absolute atomic E-state index is 12.9. The third-order valence-corrected chi connectivity index (χ3v) is 11.4. The molecule has 5 nitrogen and oxygen atoms in total. The second-order valence-electron chi connectivity index (χ2n) is 18.0. The van der Waals surface area contributed by atoms with Crippen LogP contribution in [-0.4, -0.2) is 37.9 Å². The Morgan fingerprint density at radius 3 is 0.971 bits per heavy atom. The summed E-state index contributed by atoms with van der Waals surface area (Å²) in [5.74, 6) is -0.475. The van der Waals surface area contributed by atoms with Gasteiger partial charge in [0.05, 0.1) is 6.61 Å². The molecule has 0 aromatic carbocycles. The van der Waals surface area contributed by atoms with E-state index in [-0.39, 0.29) is 25.2 Å². The van der Waals surface area contributed by atoms with Gasteiger partial charge >= 0.3 is 11.9 Å². The van der Waals surface area contributed by atoms with Crippen molar-refractivity contribution < 1.29 is 23.8 Å². The van der Waals surface area contributed by atoms with Crippen molar-refractivity contribution in [2.24, 2.45) is 0 Å². The van der Waals surface area contributed by atoms with E-state index < -0.39 is 6.10 Å². The number of rotatable bonds is 50. The Kier molecular flexibility index (Phi) is 55.5. The molecule has 5 heteroatoms. The molecule has 0 heterocycles. The van der Waals surface area contributed by atoms with Gasteiger partial charge in [-0.05, 0) is 135 Å². The fourth-order valence-electron chi connectivity index (χ4n) is 7.25. The number of esters is 2. The summed E-state index contributed by atoms with van der Waals surface area (Å²) < 4.78 is 17.4. The van der Waals surface area contributed by atoms with E-state index in [1.807, 2.05) is 0 Å². The van der Waals surface area contributed by atoms with Crippen molar-refractivity contribution >= 4 is 11.9 Å². The zero-order valence-corrected chi connectivity index (χ0v) is 45.2. The van der Waals surface area contributed by atoms with E-state index in [2.05, 4.69) is 167 Å². The summed E-state index contributed by atoms with van der Waals surface area (Å²) in [5.41, 5.74) is 0. The summed E-state index contributed by atoms with van der Waals surface area (Å²) in [6, 6.07) is 0. The van der Waals surface area contributed by atoms with Crippen LogP contribution >= 0.6 is 0 Å². The molecule has 0 aliphatic heterocycles. The first-order chi connectivity index (χ1) is 34.6. The van der Waals surface area contributed by atoms with Crippen molar-refractivity contribution in [3.63, 3.8) is 0 Å². The summed E-state index contributed by atoms with van der Waals surface area (Å²) in [7, 11) is 0. The third-order valence-electron chi connectivity index (χ3n) is 11.4. The van der Waals surface area contributed by atoms with E-state index in [1.165, 1.54) is 44.9 Å². The standard InChI is InChI=1S/C65H104O5/c1-4-7-10-13-16-19-22-25-28-31-33-35-37-40-43-46-49-52-55-58-64(66)69-62-63(61-68-60-57-54-51-48-45-42-39-36-32-29-26-23-20-17-14-11-8-5-2)70-65(67)59-56-53-50-47-44-41-38-34-30-27-24-21-18-15-12-9-6-3/h7-12,16-21,25-30,33,35,38,40-41,43,63H,4-6,13-15,22-24,31-32,34,36-37,39,42,44-62H2,1-3H3/b10-7-,11-8-,12-9-,19-16-,20-17-,21-18-,28-25-,29-26-,30-27-,35-33-,41-38-,43-40-. The van der Waals surface area contributed by atoms with Gasteiger partial charge < -0.3 is 14.2 Å². The van der Waals surface area contributed by atoms with Crippen LogP contribution in [0.5, 0.6) is 0 Å². The van der Waals surface area contributed by atoms with Crippen LogP contribution in [0.1, 0.15) is 226 Å². The van der Waals surface area contributed by atoms with Crippen molar-refractivity contribution in [3.05, 3.63) is 146 Å². The molecule has 0 N–H and O–H groups in total. The summed E-state index contributed by atoms with van der Waals surface area (Å²) in [6.07, 6.45) is 85.8. The average molecular weight is 966 g/mol. The molecule has 0 aromatic rings. The van der Waals surface area contributed by atoms with E-state index in [4.69, 9.17) is 14.2 Å². The van der Waals surface area contributed by atoms with Gasteiger partial charge in [0.2, 0.25) is 0 Å². The third kappa shape index (κ3) is 56.4. The zero-order valence-electron chi connectivity index (χ0n) is 45.2. The quantitative estimate of drug-likeness (QED) is 0.0345. The van der Waals surface area contributed by atoms with E-state index in [1.54, 1.807) is 0 Å². The van der Waals surface area contributed by atoms with Gasteiger partial charge in [-0.25, -0.2) is 0 Å². The highest BCUT2D eigenvalue weighted by Crippen LogP contribution is 2.13. The van der Waals surface area contributed by atoms with Crippen molar-refractivity contribution in [1.29, 1.82) is 0 Å². The van der Waals surface area contributed by atoms with Gasteiger partial charge in [-0.15, -0.1) is 0 Å². The number of allylic oxidation sites excluding steroid dienone is 24. The summed E-state index contributed by atoms with van der Waals surface area (Å²) >= 11 is 0. The highest BCUT2D eigenvalue weighted by molar-refractivity contribution is 5.70. The lowest BCUT2D eigenvalue weighted by molar-refractivity contribution is -0.163. The number of hydrogen-bond acceptors (Lipinski definition) is 5. The molecule has 394 valence electrons. The lowest BCUT2D eigenvalue weighted by Gasteiger charge is -2.18. The SMILES string of the molecule is CC/C=C\C/C=C\C/C=C\C/C=C\C/C=C\CCCCCC(=O)OCC(COCCCCCCCCCC/C=C\C/C=C\C/C=C\CC)OC(=O)CCCCCC/C=C\C/C=C\C/C=C\C/C=C\CC. The van der Waals surface area contributed by atoms with Crippen LogP contribution in [0.2, 0.25) is 0 Å². The predicted molar refractivity (Wildman–Crippen MR) is 306 cm³/mol. The molecule has 1 unspecified atom stereocenters. The molecule has 0 saturated heterocycles. The van der Waals surface area contributed by atoms with E-state index >= 15 is 0 Å². The van der Waals surface area contributed by atoms with Crippen LogP contribution in [0.15, 0.2) is 146 Å². The molecule has 0 bridgehead atoms. The number of carbonyl (C=O) groups is 2. The van der Waals surface area contributed by atoms with Gasteiger partial charge in [0.1, 0.15) is 6.61 Å². The fourth-order valence-corrected chi connectivity index (χ4v) is 7.25. The Morgan fingerprint density at radius 1 is 0.314 bits per heavy atom. The first-order valence-corrected chi connectivity index (χ1v) is 28.4. The number of unbranched alkanes of at least 4 members (excludes halogenated alkanes) is 15. The van der Waals surface area contributed by atoms with E-state index in [9.17, 15) is 9.59 Å². The van der Waals surface area contributed by atoms with Crippen molar-refractivity contribution in [1.82, 2.24) is 0 Å². The maximum Gasteiger partial charge on any atom is 0.306 e. The Balaban J connectivity index is 4.44. The van der Waals surface area contributed by atoms with Crippen LogP contribution in [-0.2, 0) is 23.8 Å². The van der Waals surface area contributed by atoms with Crippen LogP contribution in [0, 0.1) is 0 Å². The Hall–Kier alpha value is -4.22. The van der Waals surface area contributed by atoms with Crippen LogP contribution in [0.3, 0.4) is 0 Å². The van der Waals surface area contributed by atoms with E-state index in [0.717, 1.165) is 148 Å². The smallest absolute Gasteiger partial charge is 0.306 e. The molecule has 1 atom stereocenters. The van der Waals surface area contributed by atoms with Crippen molar-refractivity contribution in [2.45, 2.75) is 232 Å². The van der Waals surface area contributed by atoms with Gasteiger partial charge in [0.25, 0.3) is 0 Å². The molecule has 0 spiro atoms. The van der Waals surface area contributed by atoms with Gasteiger partial charge in [0, 0.05) is 19.4 Å². The van der Waals surface area contributed by atoms with Crippen molar-refractivity contribution in [3.8, 4) is 0 Å². The molecule has 0 radical (unpaired) electrons. The Morgan fingerprint density at radius 2 is 0.600 bits per heavy atom. The zero-order chi connectivity index (χ0) is 50.6. The number of hydrogen-bond donors (Lipinski definition) is 0. The number of ether oxygens (including phenoxy) is 3. The first-order valence-electron chi connectivity index (χ1n) is 28.4. The van der Waals surface area contributed by atoms with Crippen LogP contribution in [0.4, 0.5) is 0 Å². The normalized spacial score (nSPS) is 13.4. The monoisotopic (exact) mass is 965 g/mol. The lowest BCUT2D eigenvalue weighted by Crippen LogP contribution is -2.30. The largest absolute Gasteiger partial charge is 0.462 e. The minimum absolute atomic E-state index is 0.0449. The Labute approximate surface area is 431 Å². The number of carbonyl (C=O) groups excluding carboxylic acids is 2.